The lowest BCUT2D eigenvalue weighted by atomic mass is 10.2. The van der Waals surface area contributed by atoms with E-state index in [-0.39, 0.29) is 5.91 Å². The topological polar surface area (TPSA) is 41.1 Å². The predicted octanol–water partition coefficient (Wildman–Crippen LogP) is 3.79. The number of amides is 1. The Kier molecular flexibility index (Phi) is 6.11. The molecular weight excluding hydrogens is 304 g/mol. The highest BCUT2D eigenvalue weighted by atomic mass is 35.5. The second-order valence-electron chi connectivity index (χ2n) is 4.52. The van der Waals surface area contributed by atoms with Crippen LogP contribution in [-0.4, -0.2) is 18.7 Å². The van der Waals surface area contributed by atoms with Gasteiger partial charge < -0.3 is 10.6 Å². The number of thioether (sulfide) groups is 1. The van der Waals surface area contributed by atoms with Crippen molar-refractivity contribution in [1.82, 2.24) is 5.32 Å². The van der Waals surface area contributed by atoms with Gasteiger partial charge in [0.15, 0.2) is 0 Å². The van der Waals surface area contributed by atoms with Crippen molar-refractivity contribution < 1.29 is 4.79 Å². The molecule has 0 spiro atoms. The van der Waals surface area contributed by atoms with E-state index in [0.29, 0.717) is 10.8 Å². The molecule has 3 nitrogen and oxygen atoms in total. The maximum absolute atomic E-state index is 11.9. The molecule has 1 amide bonds. The van der Waals surface area contributed by atoms with Crippen LogP contribution in [0.3, 0.4) is 0 Å². The van der Waals surface area contributed by atoms with Crippen LogP contribution in [0.4, 0.5) is 5.69 Å². The molecule has 21 heavy (non-hydrogen) atoms. The van der Waals surface area contributed by atoms with Crippen LogP contribution in [0.2, 0.25) is 5.02 Å². The molecular formula is C16H17ClN2OS. The van der Waals surface area contributed by atoms with Gasteiger partial charge in [-0.1, -0.05) is 23.7 Å². The van der Waals surface area contributed by atoms with Crippen LogP contribution in [0, 0.1) is 0 Å². The zero-order valence-electron chi connectivity index (χ0n) is 11.7. The summed E-state index contributed by atoms with van der Waals surface area (Å²) in [6.07, 6.45) is 0. The number of hydrogen-bond acceptors (Lipinski definition) is 3. The molecule has 110 valence electrons. The third kappa shape index (κ3) is 5.42. The number of nitrogens with one attached hydrogen (secondary N) is 2. The lowest BCUT2D eigenvalue weighted by Crippen LogP contribution is -2.13. The highest BCUT2D eigenvalue weighted by Gasteiger charge is 2.04. The summed E-state index contributed by atoms with van der Waals surface area (Å²) >= 11 is 7.32. The molecule has 5 heteroatoms. The summed E-state index contributed by atoms with van der Waals surface area (Å²) < 4.78 is 0. The van der Waals surface area contributed by atoms with Gasteiger partial charge in [-0.2, -0.15) is 0 Å². The van der Waals surface area contributed by atoms with Crippen molar-refractivity contribution in [2.75, 3.05) is 18.1 Å². The van der Waals surface area contributed by atoms with Crippen molar-refractivity contribution in [3.8, 4) is 0 Å². The number of hydrogen-bond donors (Lipinski definition) is 2. The normalized spacial score (nSPS) is 10.4. The van der Waals surface area contributed by atoms with Gasteiger partial charge in [-0.25, -0.2) is 0 Å². The molecule has 0 heterocycles. The zero-order valence-corrected chi connectivity index (χ0v) is 13.3. The first-order chi connectivity index (χ1) is 10.2. The quantitative estimate of drug-likeness (QED) is 0.796. The Bertz CT molecular complexity index is 584. The Balaban J connectivity index is 1.81. The van der Waals surface area contributed by atoms with E-state index in [9.17, 15) is 4.79 Å². The van der Waals surface area contributed by atoms with E-state index in [1.165, 1.54) is 17.3 Å². The molecule has 0 unspecified atom stereocenters. The van der Waals surface area contributed by atoms with Gasteiger partial charge in [0.2, 0.25) is 5.91 Å². The van der Waals surface area contributed by atoms with E-state index in [1.54, 1.807) is 24.3 Å². The fourth-order valence-electron chi connectivity index (χ4n) is 1.79. The SMILES string of the molecule is CNCc1ccc(SCC(=O)Nc2ccc(Cl)cc2)cc1. The fourth-order valence-corrected chi connectivity index (χ4v) is 2.61. The molecule has 0 atom stereocenters. The van der Waals surface area contributed by atoms with Gasteiger partial charge in [0.25, 0.3) is 0 Å². The largest absolute Gasteiger partial charge is 0.325 e. The summed E-state index contributed by atoms with van der Waals surface area (Å²) in [4.78, 5) is 12.9. The average molecular weight is 321 g/mol. The number of carbonyl (C=O) groups excluding carboxylic acids is 1. The van der Waals surface area contributed by atoms with Gasteiger partial charge >= 0.3 is 0 Å². The van der Waals surface area contributed by atoms with E-state index in [1.807, 2.05) is 19.2 Å². The Morgan fingerprint density at radius 3 is 2.38 bits per heavy atom. The van der Waals surface area contributed by atoms with Crippen molar-refractivity contribution >= 4 is 35.0 Å². The molecule has 0 aliphatic heterocycles. The molecule has 0 saturated carbocycles. The number of carbonyl (C=O) groups is 1. The van der Waals surface area contributed by atoms with Crippen LogP contribution in [-0.2, 0) is 11.3 Å². The number of halogens is 1. The summed E-state index contributed by atoms with van der Waals surface area (Å²) in [7, 11) is 1.92. The Morgan fingerprint density at radius 1 is 1.10 bits per heavy atom. The van der Waals surface area contributed by atoms with Crippen molar-refractivity contribution in [3.05, 3.63) is 59.1 Å². The zero-order chi connectivity index (χ0) is 15.1. The van der Waals surface area contributed by atoms with Crippen LogP contribution < -0.4 is 10.6 Å². The smallest absolute Gasteiger partial charge is 0.234 e. The van der Waals surface area contributed by atoms with Crippen LogP contribution in [0.1, 0.15) is 5.56 Å². The molecule has 0 aromatic heterocycles. The third-order valence-corrected chi connectivity index (χ3v) is 4.07. The first kappa shape index (κ1) is 15.9. The summed E-state index contributed by atoms with van der Waals surface area (Å²) in [6, 6.07) is 15.3. The minimum Gasteiger partial charge on any atom is -0.325 e. The maximum atomic E-state index is 11.9. The summed E-state index contributed by atoms with van der Waals surface area (Å²) in [6.45, 7) is 0.849. The molecule has 0 fully saturated rings. The maximum Gasteiger partial charge on any atom is 0.234 e. The third-order valence-electron chi connectivity index (χ3n) is 2.80. The fraction of sp³-hybridized carbons (Fsp3) is 0.188. The van der Waals surface area contributed by atoms with Crippen molar-refractivity contribution in [3.63, 3.8) is 0 Å². The Labute approximate surface area is 134 Å². The number of rotatable bonds is 6. The lowest BCUT2D eigenvalue weighted by molar-refractivity contribution is -0.113. The van der Waals surface area contributed by atoms with Crippen LogP contribution in [0.25, 0.3) is 0 Å². The number of benzene rings is 2. The number of anilines is 1. The van der Waals surface area contributed by atoms with E-state index < -0.39 is 0 Å². The Morgan fingerprint density at radius 2 is 1.76 bits per heavy atom. The average Bonchev–Trinajstić information content (AvgIpc) is 2.49. The first-order valence-electron chi connectivity index (χ1n) is 6.59. The molecule has 0 radical (unpaired) electrons. The van der Waals surface area contributed by atoms with Crippen LogP contribution in [0.15, 0.2) is 53.4 Å². The van der Waals surface area contributed by atoms with E-state index >= 15 is 0 Å². The van der Waals surface area contributed by atoms with Crippen molar-refractivity contribution in [1.29, 1.82) is 0 Å². The minimum atomic E-state index is -0.0263. The van der Waals surface area contributed by atoms with Gasteiger partial charge in [-0.05, 0) is 49.0 Å². The molecule has 0 saturated heterocycles. The summed E-state index contributed by atoms with van der Waals surface area (Å²) in [5.41, 5.74) is 1.99. The van der Waals surface area contributed by atoms with Crippen LogP contribution in [0.5, 0.6) is 0 Å². The highest BCUT2D eigenvalue weighted by molar-refractivity contribution is 8.00. The molecule has 2 aromatic carbocycles. The van der Waals surface area contributed by atoms with Gasteiger partial charge in [-0.15, -0.1) is 11.8 Å². The second kappa shape index (κ2) is 8.08. The van der Waals surface area contributed by atoms with Crippen molar-refractivity contribution in [2.45, 2.75) is 11.4 Å². The van der Waals surface area contributed by atoms with Crippen molar-refractivity contribution in [2.24, 2.45) is 0 Å². The molecule has 0 aliphatic carbocycles. The summed E-state index contributed by atoms with van der Waals surface area (Å²) in [5, 5.41) is 6.60. The molecule has 0 aliphatic rings. The van der Waals surface area contributed by atoms with Gasteiger partial charge in [0.1, 0.15) is 0 Å². The molecule has 2 rings (SSSR count). The predicted molar refractivity (Wildman–Crippen MR) is 90.0 cm³/mol. The highest BCUT2D eigenvalue weighted by Crippen LogP contribution is 2.19. The lowest BCUT2D eigenvalue weighted by Gasteiger charge is -2.06. The van der Waals surface area contributed by atoms with Gasteiger partial charge in [0, 0.05) is 22.2 Å². The van der Waals surface area contributed by atoms with E-state index in [2.05, 4.69) is 22.8 Å². The van der Waals surface area contributed by atoms with Gasteiger partial charge in [-0.3, -0.25) is 4.79 Å². The van der Waals surface area contributed by atoms with Gasteiger partial charge in [0.05, 0.1) is 5.75 Å². The molecule has 2 aromatic rings. The second-order valence-corrected chi connectivity index (χ2v) is 6.00. The van der Waals surface area contributed by atoms with E-state index in [0.717, 1.165) is 17.1 Å². The molecule has 2 N–H and O–H groups in total. The summed E-state index contributed by atoms with van der Waals surface area (Å²) in [5.74, 6) is 0.357. The standard InChI is InChI=1S/C16H17ClN2OS/c1-18-10-12-2-8-15(9-3-12)21-11-16(20)19-14-6-4-13(17)5-7-14/h2-9,18H,10-11H2,1H3,(H,19,20). The van der Waals surface area contributed by atoms with E-state index in [4.69, 9.17) is 11.6 Å². The Hall–Kier alpha value is -1.49. The molecule has 0 bridgehead atoms. The first-order valence-corrected chi connectivity index (χ1v) is 7.95. The minimum absolute atomic E-state index is 0.0263. The van der Waals surface area contributed by atoms with Crippen LogP contribution >= 0.6 is 23.4 Å². The monoisotopic (exact) mass is 320 g/mol.